The van der Waals surface area contributed by atoms with Crippen molar-refractivity contribution in [1.29, 1.82) is 0 Å². The molecule has 1 saturated heterocycles. The summed E-state index contributed by atoms with van der Waals surface area (Å²) >= 11 is 6.23. The molecule has 1 heterocycles. The molecule has 0 saturated carbocycles. The summed E-state index contributed by atoms with van der Waals surface area (Å²) in [7, 11) is 0. The zero-order chi connectivity index (χ0) is 20.6. The number of hydrogen-bond acceptors (Lipinski definition) is 5. The highest BCUT2D eigenvalue weighted by atomic mass is 35.5. The van der Waals surface area contributed by atoms with Crippen molar-refractivity contribution in [2.45, 2.75) is 43.0 Å². The van der Waals surface area contributed by atoms with Crippen LogP contribution in [0.4, 0.5) is 13.2 Å². The molecule has 4 unspecified atom stereocenters. The Morgan fingerprint density at radius 1 is 1.32 bits per heavy atom. The van der Waals surface area contributed by atoms with Gasteiger partial charge in [-0.2, -0.15) is 13.2 Å². The van der Waals surface area contributed by atoms with Crippen LogP contribution in [-0.2, 0) is 14.3 Å². The minimum Gasteiger partial charge on any atom is -0.489 e. The number of carbonyl (C=O) groups is 1. The minimum atomic E-state index is -4.85. The van der Waals surface area contributed by atoms with Gasteiger partial charge in [0.1, 0.15) is 17.8 Å². The molecule has 0 spiro atoms. The van der Waals surface area contributed by atoms with Crippen LogP contribution < -0.4 is 0 Å². The third kappa shape index (κ3) is 4.16. The maximum atomic E-state index is 13.2. The summed E-state index contributed by atoms with van der Waals surface area (Å²) in [5.74, 6) is -3.08. The quantitative estimate of drug-likeness (QED) is 0.422. The van der Waals surface area contributed by atoms with Gasteiger partial charge in [0, 0.05) is 25.0 Å². The first-order chi connectivity index (χ1) is 13.1. The zero-order valence-corrected chi connectivity index (χ0v) is 14.9. The molecule has 0 aromatic carbocycles. The Kier molecular flexibility index (Phi) is 5.42. The van der Waals surface area contributed by atoms with E-state index in [9.17, 15) is 28.1 Å². The summed E-state index contributed by atoms with van der Waals surface area (Å²) < 4.78 is 50.2. The van der Waals surface area contributed by atoms with E-state index in [1.165, 1.54) is 24.3 Å². The summed E-state index contributed by atoms with van der Waals surface area (Å²) in [4.78, 5) is 21.5. The van der Waals surface area contributed by atoms with Crippen LogP contribution in [0.1, 0.15) is 19.3 Å². The van der Waals surface area contributed by atoms with Crippen molar-refractivity contribution in [3.8, 4) is 0 Å². The second kappa shape index (κ2) is 7.50. The van der Waals surface area contributed by atoms with Gasteiger partial charge in [-0.05, 0) is 18.1 Å². The third-order valence-electron chi connectivity index (χ3n) is 4.62. The van der Waals surface area contributed by atoms with Crippen molar-refractivity contribution in [1.82, 2.24) is 0 Å². The van der Waals surface area contributed by atoms with E-state index in [0.717, 1.165) is 0 Å². The number of ether oxygens (including phenoxy) is 2. The third-order valence-corrected chi connectivity index (χ3v) is 4.99. The summed E-state index contributed by atoms with van der Waals surface area (Å²) in [6, 6.07) is 0. The average Bonchev–Trinajstić information content (AvgIpc) is 2.61. The number of aliphatic carboxylic acids is 1. The molecule has 152 valence electrons. The molecule has 0 aromatic heterocycles. The van der Waals surface area contributed by atoms with Gasteiger partial charge in [0.15, 0.2) is 0 Å². The predicted molar refractivity (Wildman–Crippen MR) is 89.7 cm³/mol. The van der Waals surface area contributed by atoms with Gasteiger partial charge in [0.05, 0.1) is 16.1 Å². The topological polar surface area (TPSA) is 98.9 Å². The van der Waals surface area contributed by atoms with Gasteiger partial charge >= 0.3 is 12.1 Å². The molecule has 1 N–H and O–H groups in total. The molecule has 1 aliphatic heterocycles. The number of rotatable bonds is 4. The number of hydrogen-bond donors (Lipinski definition) is 1. The van der Waals surface area contributed by atoms with Crippen LogP contribution in [-0.4, -0.2) is 39.8 Å². The van der Waals surface area contributed by atoms with Gasteiger partial charge in [-0.1, -0.05) is 6.08 Å². The second-order valence-electron chi connectivity index (χ2n) is 6.53. The largest absolute Gasteiger partial charge is 0.489 e. The summed E-state index contributed by atoms with van der Waals surface area (Å²) in [6.45, 7) is 0. The maximum absolute atomic E-state index is 13.2. The van der Waals surface area contributed by atoms with Crippen LogP contribution in [0.5, 0.6) is 0 Å². The van der Waals surface area contributed by atoms with Gasteiger partial charge in [0.25, 0.3) is 0 Å². The van der Waals surface area contributed by atoms with Crippen molar-refractivity contribution in [3.63, 3.8) is 0 Å². The Labute approximate surface area is 161 Å². The van der Waals surface area contributed by atoms with E-state index in [4.69, 9.17) is 26.2 Å². The normalized spacial score (nSPS) is 30.0. The molecule has 11 heteroatoms. The highest BCUT2D eigenvalue weighted by Crippen LogP contribution is 2.43. The number of halogens is 4. The van der Waals surface area contributed by atoms with E-state index in [1.807, 2.05) is 0 Å². The number of allylic oxidation sites excluding steroid dienone is 5. The van der Waals surface area contributed by atoms with Crippen molar-refractivity contribution in [3.05, 3.63) is 57.2 Å². The molecular weight excluding hydrogens is 407 g/mol. The minimum absolute atomic E-state index is 0.0299. The van der Waals surface area contributed by atoms with Gasteiger partial charge < -0.3 is 14.6 Å². The average molecular weight is 422 g/mol. The molecule has 7 nitrogen and oxygen atoms in total. The lowest BCUT2D eigenvalue weighted by molar-refractivity contribution is -0.428. The molecule has 0 amide bonds. The first-order valence-electron chi connectivity index (χ1n) is 8.30. The van der Waals surface area contributed by atoms with E-state index >= 15 is 0 Å². The maximum Gasteiger partial charge on any atom is 0.426 e. The number of nitro groups is 1. The van der Waals surface area contributed by atoms with Crippen LogP contribution >= 0.6 is 11.6 Å². The number of nitrogens with zero attached hydrogens (tertiary/aromatic N) is 1. The van der Waals surface area contributed by atoms with E-state index < -0.39 is 40.6 Å². The lowest BCUT2D eigenvalue weighted by atomic mass is 9.86. The summed E-state index contributed by atoms with van der Waals surface area (Å²) in [5, 5.41) is 19.1. The van der Waals surface area contributed by atoms with Gasteiger partial charge in [0.2, 0.25) is 11.8 Å². The molecular formula is C17H15ClF3NO6. The van der Waals surface area contributed by atoms with Gasteiger partial charge in [-0.3, -0.25) is 14.9 Å². The Balaban J connectivity index is 1.79. The smallest absolute Gasteiger partial charge is 0.426 e. The number of fused-ring (bicyclic) bond motifs is 1. The van der Waals surface area contributed by atoms with Crippen molar-refractivity contribution < 1.29 is 37.5 Å². The first kappa shape index (κ1) is 20.2. The van der Waals surface area contributed by atoms with Crippen LogP contribution in [0.15, 0.2) is 47.1 Å². The molecule has 3 rings (SSSR count). The second-order valence-corrected chi connectivity index (χ2v) is 7.03. The van der Waals surface area contributed by atoms with Crippen molar-refractivity contribution in [2.24, 2.45) is 5.92 Å². The van der Waals surface area contributed by atoms with Gasteiger partial charge in [-0.15, -0.1) is 11.6 Å². The van der Waals surface area contributed by atoms with Crippen LogP contribution in [0.2, 0.25) is 0 Å². The fourth-order valence-corrected chi connectivity index (χ4v) is 3.48. The van der Waals surface area contributed by atoms with E-state index in [0.29, 0.717) is 5.76 Å². The van der Waals surface area contributed by atoms with Crippen LogP contribution in [0, 0.1) is 16.0 Å². The molecule has 1 fully saturated rings. The summed E-state index contributed by atoms with van der Waals surface area (Å²) in [6.07, 6.45) is -2.70. The lowest BCUT2D eigenvalue weighted by Gasteiger charge is -2.37. The van der Waals surface area contributed by atoms with Crippen molar-refractivity contribution >= 4 is 17.6 Å². The fraction of sp³-hybridized carbons (Fsp3) is 0.471. The summed E-state index contributed by atoms with van der Waals surface area (Å²) in [5.41, 5.74) is 0.309. The highest BCUT2D eigenvalue weighted by Gasteiger charge is 2.53. The molecule has 28 heavy (non-hydrogen) atoms. The molecule has 0 aromatic rings. The number of alkyl halides is 4. The molecule has 0 bridgehead atoms. The lowest BCUT2D eigenvalue weighted by Crippen LogP contribution is -2.46. The van der Waals surface area contributed by atoms with E-state index in [1.54, 1.807) is 0 Å². The number of carboxylic acids is 1. The van der Waals surface area contributed by atoms with Crippen molar-refractivity contribution in [2.75, 3.05) is 0 Å². The molecule has 0 radical (unpaired) electrons. The highest BCUT2D eigenvalue weighted by molar-refractivity contribution is 6.22. The van der Waals surface area contributed by atoms with Gasteiger partial charge in [-0.25, -0.2) is 0 Å². The SMILES string of the molecule is O=C(O)C1CC2=CC(Cl)C(OC3=CC=C([N+](=O)[O-])CC3)C=C2OC1C(F)(F)F. The number of carboxylic acid groups (broad SMARTS) is 1. The predicted octanol–water partition coefficient (Wildman–Crippen LogP) is 3.69. The Morgan fingerprint density at radius 3 is 2.57 bits per heavy atom. The molecule has 2 aliphatic carbocycles. The molecule has 4 atom stereocenters. The Bertz CT molecular complexity index is 816. The molecule has 3 aliphatic rings. The standard InChI is InChI=1S/C17H15ClF3NO6/c18-12-6-8-5-11(16(23)24)15(17(19,20)21)28-13(8)7-14(12)27-10-3-1-9(2-4-10)22(25)26/h1,3,6-7,11-12,14-15H,2,4-5H2,(H,23,24). The zero-order valence-electron chi connectivity index (χ0n) is 14.2. The Morgan fingerprint density at radius 2 is 2.04 bits per heavy atom. The van der Waals surface area contributed by atoms with E-state index in [2.05, 4.69) is 0 Å². The Hall–Kier alpha value is -2.49. The fourth-order valence-electron chi connectivity index (χ4n) is 3.21. The van der Waals surface area contributed by atoms with Crippen LogP contribution in [0.25, 0.3) is 0 Å². The van der Waals surface area contributed by atoms with Crippen LogP contribution in [0.3, 0.4) is 0 Å². The first-order valence-corrected chi connectivity index (χ1v) is 8.74. The van der Waals surface area contributed by atoms with E-state index in [-0.39, 0.29) is 36.3 Å². The monoisotopic (exact) mass is 421 g/mol.